The van der Waals surface area contributed by atoms with Crippen LogP contribution in [0.2, 0.25) is 0 Å². The van der Waals surface area contributed by atoms with Crippen molar-refractivity contribution in [3.8, 4) is 0 Å². The summed E-state index contributed by atoms with van der Waals surface area (Å²) in [5, 5.41) is 9.53. The Bertz CT molecular complexity index is 230. The largest absolute Gasteiger partial charge is 0.379 e. The van der Waals surface area contributed by atoms with Crippen LogP contribution in [0.4, 0.5) is 0 Å². The maximum absolute atomic E-state index is 9.53. The molecule has 0 aromatic carbocycles. The Morgan fingerprint density at radius 2 is 0.917 bits per heavy atom. The first-order valence-corrected chi connectivity index (χ1v) is 8.57. The summed E-state index contributed by atoms with van der Waals surface area (Å²) in [6, 6.07) is 0. The molecule has 8 nitrogen and oxygen atoms in total. The molecular formula is C16H34O8. The van der Waals surface area contributed by atoms with E-state index in [0.29, 0.717) is 79.3 Å². The first-order valence-electron chi connectivity index (χ1n) is 8.57. The van der Waals surface area contributed by atoms with E-state index >= 15 is 0 Å². The van der Waals surface area contributed by atoms with E-state index in [2.05, 4.69) is 0 Å². The van der Waals surface area contributed by atoms with Gasteiger partial charge >= 0.3 is 0 Å². The van der Waals surface area contributed by atoms with Crippen molar-refractivity contribution in [2.45, 2.75) is 20.1 Å². The number of ether oxygens (including phenoxy) is 7. The Morgan fingerprint density at radius 1 is 0.542 bits per heavy atom. The zero-order chi connectivity index (χ0) is 17.7. The average Bonchev–Trinajstić information content (AvgIpc) is 2.59. The van der Waals surface area contributed by atoms with Crippen molar-refractivity contribution in [1.82, 2.24) is 0 Å². The van der Waals surface area contributed by atoms with Crippen LogP contribution in [-0.4, -0.2) is 97.3 Å². The summed E-state index contributed by atoms with van der Waals surface area (Å²) in [7, 11) is 0. The monoisotopic (exact) mass is 354 g/mol. The number of hydrogen-bond donors (Lipinski definition) is 1. The topological polar surface area (TPSA) is 84.8 Å². The Kier molecular flexibility index (Phi) is 20.4. The minimum atomic E-state index is -0.956. The Hall–Kier alpha value is -0.320. The molecule has 0 heterocycles. The summed E-state index contributed by atoms with van der Waals surface area (Å²) in [5.41, 5.74) is 0. The summed E-state index contributed by atoms with van der Waals surface area (Å²) in [5.74, 6) is 0. The second kappa shape index (κ2) is 20.7. The zero-order valence-electron chi connectivity index (χ0n) is 15.1. The van der Waals surface area contributed by atoms with Crippen molar-refractivity contribution >= 4 is 0 Å². The fourth-order valence-corrected chi connectivity index (χ4v) is 1.54. The van der Waals surface area contributed by atoms with Gasteiger partial charge in [-0.15, -0.1) is 0 Å². The first kappa shape index (κ1) is 23.7. The second-order valence-electron chi connectivity index (χ2n) is 4.63. The standard InChI is InChI=1S/C16H34O8/c1-3-18-5-7-20-9-10-21-11-12-23-15-16(17)24-14-13-22-8-6-19-4-2/h16-17H,3-15H2,1-2H3. The molecule has 8 heteroatoms. The van der Waals surface area contributed by atoms with Crippen LogP contribution in [0.25, 0.3) is 0 Å². The van der Waals surface area contributed by atoms with Gasteiger partial charge in [0.2, 0.25) is 0 Å². The highest BCUT2D eigenvalue weighted by Gasteiger charge is 2.03. The molecule has 0 aliphatic heterocycles. The first-order chi connectivity index (χ1) is 11.8. The molecular weight excluding hydrogens is 320 g/mol. The molecule has 0 aliphatic carbocycles. The van der Waals surface area contributed by atoms with E-state index in [4.69, 9.17) is 33.2 Å². The van der Waals surface area contributed by atoms with Gasteiger partial charge in [-0.05, 0) is 13.8 Å². The van der Waals surface area contributed by atoms with Crippen LogP contribution in [0.15, 0.2) is 0 Å². The fraction of sp³-hybridized carbons (Fsp3) is 1.00. The third-order valence-corrected chi connectivity index (χ3v) is 2.69. The molecule has 1 N–H and O–H groups in total. The molecule has 0 radical (unpaired) electrons. The normalized spacial score (nSPS) is 12.6. The van der Waals surface area contributed by atoms with Crippen molar-refractivity contribution < 1.29 is 38.3 Å². The van der Waals surface area contributed by atoms with Crippen LogP contribution in [0, 0.1) is 0 Å². The van der Waals surface area contributed by atoms with Gasteiger partial charge in [0, 0.05) is 13.2 Å². The highest BCUT2D eigenvalue weighted by molar-refractivity contribution is 4.40. The molecule has 0 saturated carbocycles. The molecule has 146 valence electrons. The van der Waals surface area contributed by atoms with Gasteiger partial charge in [-0.2, -0.15) is 0 Å². The van der Waals surface area contributed by atoms with E-state index in [-0.39, 0.29) is 6.61 Å². The molecule has 24 heavy (non-hydrogen) atoms. The summed E-state index contributed by atoms with van der Waals surface area (Å²) in [4.78, 5) is 0. The molecule has 1 atom stereocenters. The number of aliphatic hydroxyl groups excluding tert-OH is 1. The van der Waals surface area contributed by atoms with Gasteiger partial charge in [0.25, 0.3) is 0 Å². The van der Waals surface area contributed by atoms with Gasteiger partial charge in [-0.1, -0.05) is 0 Å². The summed E-state index contributed by atoms with van der Waals surface area (Å²) in [6.07, 6.45) is -0.956. The average molecular weight is 354 g/mol. The van der Waals surface area contributed by atoms with Crippen molar-refractivity contribution in [2.24, 2.45) is 0 Å². The Balaban J connectivity index is 3.11. The highest BCUT2D eigenvalue weighted by Crippen LogP contribution is 1.90. The molecule has 0 spiro atoms. The van der Waals surface area contributed by atoms with E-state index in [1.54, 1.807) is 0 Å². The lowest BCUT2D eigenvalue weighted by atomic mass is 10.6. The molecule has 0 aromatic rings. The lowest BCUT2D eigenvalue weighted by Gasteiger charge is -2.13. The lowest BCUT2D eigenvalue weighted by Crippen LogP contribution is -2.23. The van der Waals surface area contributed by atoms with Crippen LogP contribution in [0.3, 0.4) is 0 Å². The third kappa shape index (κ3) is 19.7. The predicted molar refractivity (Wildman–Crippen MR) is 88.2 cm³/mol. The Morgan fingerprint density at radius 3 is 1.38 bits per heavy atom. The van der Waals surface area contributed by atoms with E-state index in [1.165, 1.54) is 0 Å². The van der Waals surface area contributed by atoms with Crippen molar-refractivity contribution in [3.63, 3.8) is 0 Å². The molecule has 1 unspecified atom stereocenters. The van der Waals surface area contributed by atoms with E-state index in [9.17, 15) is 5.11 Å². The third-order valence-electron chi connectivity index (χ3n) is 2.69. The van der Waals surface area contributed by atoms with Crippen molar-refractivity contribution in [2.75, 3.05) is 85.9 Å². The van der Waals surface area contributed by atoms with Gasteiger partial charge in [0.15, 0.2) is 6.29 Å². The Labute approximate surface area is 145 Å². The second-order valence-corrected chi connectivity index (χ2v) is 4.63. The van der Waals surface area contributed by atoms with Crippen LogP contribution in [0.5, 0.6) is 0 Å². The van der Waals surface area contributed by atoms with Crippen LogP contribution < -0.4 is 0 Å². The van der Waals surface area contributed by atoms with Crippen LogP contribution in [0.1, 0.15) is 13.8 Å². The van der Waals surface area contributed by atoms with Gasteiger partial charge < -0.3 is 38.3 Å². The van der Waals surface area contributed by atoms with Gasteiger partial charge in [-0.3, -0.25) is 0 Å². The molecule has 0 aromatic heterocycles. The number of rotatable bonds is 20. The summed E-state index contributed by atoms with van der Waals surface area (Å²) in [6.45, 7) is 10.2. The maximum atomic E-state index is 9.53. The van der Waals surface area contributed by atoms with Crippen LogP contribution >= 0.6 is 0 Å². The van der Waals surface area contributed by atoms with Crippen molar-refractivity contribution in [3.05, 3.63) is 0 Å². The number of hydrogen-bond acceptors (Lipinski definition) is 8. The maximum Gasteiger partial charge on any atom is 0.178 e. The van der Waals surface area contributed by atoms with E-state index < -0.39 is 6.29 Å². The highest BCUT2D eigenvalue weighted by atomic mass is 16.6. The molecule has 0 bridgehead atoms. The molecule has 0 rings (SSSR count). The zero-order valence-corrected chi connectivity index (χ0v) is 15.1. The fourth-order valence-electron chi connectivity index (χ4n) is 1.54. The minimum Gasteiger partial charge on any atom is -0.379 e. The van der Waals surface area contributed by atoms with E-state index in [0.717, 1.165) is 0 Å². The molecule has 0 aliphatic rings. The smallest absolute Gasteiger partial charge is 0.178 e. The SMILES string of the molecule is CCOCCOCCOCCOCC(O)OCCOCCOCC. The molecule has 0 amide bonds. The van der Waals surface area contributed by atoms with Gasteiger partial charge in [0.1, 0.15) is 0 Å². The van der Waals surface area contributed by atoms with Crippen molar-refractivity contribution in [1.29, 1.82) is 0 Å². The molecule has 0 saturated heterocycles. The number of aliphatic hydroxyl groups is 1. The van der Waals surface area contributed by atoms with Gasteiger partial charge in [0.05, 0.1) is 72.7 Å². The predicted octanol–water partition coefficient (Wildman–Crippen LogP) is 0.461. The summed E-state index contributed by atoms with van der Waals surface area (Å²) >= 11 is 0. The quantitative estimate of drug-likeness (QED) is 0.249. The lowest BCUT2D eigenvalue weighted by molar-refractivity contribution is -0.149. The molecule has 0 fully saturated rings. The van der Waals surface area contributed by atoms with E-state index in [1.807, 2.05) is 13.8 Å². The summed E-state index contributed by atoms with van der Waals surface area (Å²) < 4.78 is 36.5. The van der Waals surface area contributed by atoms with Crippen LogP contribution in [-0.2, 0) is 33.2 Å². The minimum absolute atomic E-state index is 0.104. The van der Waals surface area contributed by atoms with Gasteiger partial charge in [-0.25, -0.2) is 0 Å².